The smallest absolute Gasteiger partial charge is 0.272 e. The van der Waals surface area contributed by atoms with E-state index in [0.29, 0.717) is 5.71 Å². The van der Waals surface area contributed by atoms with E-state index in [9.17, 15) is 14.9 Å². The van der Waals surface area contributed by atoms with Gasteiger partial charge in [-0.05, 0) is 38.1 Å². The van der Waals surface area contributed by atoms with Crippen molar-refractivity contribution < 1.29 is 9.72 Å². The third-order valence-corrected chi connectivity index (χ3v) is 5.27. The highest BCUT2D eigenvalue weighted by Gasteiger charge is 2.42. The van der Waals surface area contributed by atoms with Gasteiger partial charge in [-0.1, -0.05) is 51.9 Å². The van der Waals surface area contributed by atoms with Gasteiger partial charge < -0.3 is 0 Å². The van der Waals surface area contributed by atoms with Crippen molar-refractivity contribution in [1.82, 2.24) is 4.90 Å². The number of hydrogen-bond donors (Lipinski definition) is 0. The maximum absolute atomic E-state index is 13.1. The molecule has 0 atom stereocenters. The lowest BCUT2D eigenvalue weighted by atomic mass is 10.1. The molecule has 1 heterocycles. The van der Waals surface area contributed by atoms with Gasteiger partial charge in [0.15, 0.2) is 0 Å². The summed E-state index contributed by atoms with van der Waals surface area (Å²) in [6.45, 7) is 3.51. The van der Waals surface area contributed by atoms with Gasteiger partial charge in [-0.2, -0.15) is 0 Å². The van der Waals surface area contributed by atoms with Crippen LogP contribution in [0.1, 0.15) is 29.8 Å². The van der Waals surface area contributed by atoms with E-state index in [-0.39, 0.29) is 21.3 Å². The number of aliphatic imine (C=N–C) groups is 1. The summed E-state index contributed by atoms with van der Waals surface area (Å²) in [5.74, 6) is -0.472. The Morgan fingerprint density at radius 3 is 2.48 bits per heavy atom. The fourth-order valence-electron chi connectivity index (χ4n) is 2.78. The minimum atomic E-state index is -0.926. The average molecular weight is 467 g/mol. The molecule has 2 aromatic rings. The number of amides is 1. The van der Waals surface area contributed by atoms with E-state index in [0.717, 1.165) is 16.1 Å². The van der Waals surface area contributed by atoms with Crippen molar-refractivity contribution in [3.63, 3.8) is 0 Å². The first-order chi connectivity index (χ1) is 12.6. The zero-order chi connectivity index (χ0) is 19.9. The number of nitro benzene ring substituents is 1. The number of rotatable bonds is 3. The third-order valence-electron chi connectivity index (χ3n) is 4.05. The van der Waals surface area contributed by atoms with Gasteiger partial charge in [0.25, 0.3) is 11.6 Å². The molecule has 1 aliphatic rings. The highest BCUT2D eigenvalue weighted by atomic mass is 79.9. The maximum atomic E-state index is 13.1. The molecule has 0 bridgehead atoms. The van der Waals surface area contributed by atoms with Crippen molar-refractivity contribution in [1.29, 1.82) is 0 Å². The van der Waals surface area contributed by atoms with E-state index in [1.165, 1.54) is 17.0 Å². The van der Waals surface area contributed by atoms with Gasteiger partial charge in [-0.3, -0.25) is 24.8 Å². The summed E-state index contributed by atoms with van der Waals surface area (Å²) in [4.78, 5) is 29.8. The molecular formula is C18H13BrClN3O3S. The Kier molecular flexibility index (Phi) is 5.16. The minimum absolute atomic E-state index is 0.0355. The molecule has 9 heteroatoms. The average Bonchev–Trinajstić information content (AvgIpc) is 2.84. The van der Waals surface area contributed by atoms with Crippen LogP contribution < -0.4 is 0 Å². The van der Waals surface area contributed by atoms with Crippen LogP contribution in [0.5, 0.6) is 0 Å². The van der Waals surface area contributed by atoms with Crippen LogP contribution in [0.3, 0.4) is 0 Å². The van der Waals surface area contributed by atoms with Crippen molar-refractivity contribution in [2.45, 2.75) is 19.5 Å². The van der Waals surface area contributed by atoms with Crippen LogP contribution in [0, 0.1) is 10.1 Å². The Balaban J connectivity index is 1.99. The number of nitrogens with zero attached hydrogens (tertiary/aromatic N) is 3. The fraction of sp³-hybridized carbons (Fsp3) is 0.167. The second-order valence-electron chi connectivity index (χ2n) is 6.33. The number of thiocarbonyl (C=S) groups is 1. The molecule has 0 N–H and O–H groups in total. The summed E-state index contributed by atoms with van der Waals surface area (Å²) in [7, 11) is 0. The van der Waals surface area contributed by atoms with Crippen molar-refractivity contribution >= 4 is 62.0 Å². The SMILES string of the molecule is CC1(C)N=C(c2ccc(Br)cc2)C(=S)N1C(=O)c1ccc(Cl)c([N+](=O)[O-])c1. The van der Waals surface area contributed by atoms with Crippen LogP contribution in [0.15, 0.2) is 51.9 Å². The summed E-state index contributed by atoms with van der Waals surface area (Å²) >= 11 is 14.7. The molecule has 0 saturated heterocycles. The Morgan fingerprint density at radius 2 is 1.89 bits per heavy atom. The molecule has 0 aromatic heterocycles. The van der Waals surface area contributed by atoms with Gasteiger partial charge in [-0.15, -0.1) is 0 Å². The van der Waals surface area contributed by atoms with E-state index in [1.807, 2.05) is 24.3 Å². The van der Waals surface area contributed by atoms with Gasteiger partial charge in [0.2, 0.25) is 0 Å². The lowest BCUT2D eigenvalue weighted by Crippen LogP contribution is -2.46. The Morgan fingerprint density at radius 1 is 1.26 bits per heavy atom. The summed E-state index contributed by atoms with van der Waals surface area (Å²) in [6, 6.07) is 11.4. The molecule has 2 aromatic carbocycles. The summed E-state index contributed by atoms with van der Waals surface area (Å²) in [5.41, 5.74) is 0.173. The minimum Gasteiger partial charge on any atom is -0.272 e. The van der Waals surface area contributed by atoms with Gasteiger partial charge in [-0.25, -0.2) is 0 Å². The second-order valence-corrected chi connectivity index (χ2v) is 8.04. The Bertz CT molecular complexity index is 1010. The van der Waals surface area contributed by atoms with E-state index in [2.05, 4.69) is 20.9 Å². The van der Waals surface area contributed by atoms with Crippen LogP contribution in [0.25, 0.3) is 0 Å². The lowest BCUT2D eigenvalue weighted by molar-refractivity contribution is -0.384. The van der Waals surface area contributed by atoms with Crippen LogP contribution in [0.2, 0.25) is 5.02 Å². The van der Waals surface area contributed by atoms with E-state index < -0.39 is 16.5 Å². The normalized spacial score (nSPS) is 15.6. The summed E-state index contributed by atoms with van der Waals surface area (Å²) < 4.78 is 0.913. The number of halogens is 2. The molecule has 1 aliphatic heterocycles. The first kappa shape index (κ1) is 19.6. The first-order valence-corrected chi connectivity index (χ1v) is 9.38. The Hall–Kier alpha value is -2.16. The molecule has 0 spiro atoms. The van der Waals surface area contributed by atoms with Crippen molar-refractivity contribution in [2.24, 2.45) is 4.99 Å². The summed E-state index contributed by atoms with van der Waals surface area (Å²) in [5, 5.41) is 11.1. The highest BCUT2D eigenvalue weighted by Crippen LogP contribution is 2.31. The molecule has 0 saturated carbocycles. The fourth-order valence-corrected chi connectivity index (χ4v) is 3.70. The molecule has 0 fully saturated rings. The van der Waals surface area contributed by atoms with Gasteiger partial charge >= 0.3 is 0 Å². The zero-order valence-corrected chi connectivity index (χ0v) is 17.4. The molecule has 0 unspecified atom stereocenters. The van der Waals surface area contributed by atoms with Crippen LogP contribution in [-0.4, -0.2) is 32.1 Å². The number of hydrogen-bond acceptors (Lipinski definition) is 5. The van der Waals surface area contributed by atoms with Gasteiger partial charge in [0.1, 0.15) is 21.4 Å². The monoisotopic (exact) mass is 465 g/mol. The van der Waals surface area contributed by atoms with Gasteiger partial charge in [0.05, 0.1) is 4.92 Å². The topological polar surface area (TPSA) is 75.8 Å². The van der Waals surface area contributed by atoms with Crippen LogP contribution in [0.4, 0.5) is 5.69 Å². The van der Waals surface area contributed by atoms with Crippen LogP contribution >= 0.6 is 39.7 Å². The van der Waals surface area contributed by atoms with Crippen molar-refractivity contribution in [3.05, 3.63) is 73.2 Å². The predicted octanol–water partition coefficient (Wildman–Crippen LogP) is 5.02. The molecule has 6 nitrogen and oxygen atoms in total. The largest absolute Gasteiger partial charge is 0.288 e. The maximum Gasteiger partial charge on any atom is 0.288 e. The molecule has 0 radical (unpaired) electrons. The molecular weight excluding hydrogens is 454 g/mol. The van der Waals surface area contributed by atoms with Crippen molar-refractivity contribution in [2.75, 3.05) is 0 Å². The second kappa shape index (κ2) is 7.10. The quantitative estimate of drug-likeness (QED) is 0.362. The van der Waals surface area contributed by atoms with Gasteiger partial charge in [0, 0.05) is 21.7 Å². The number of benzene rings is 2. The molecule has 0 aliphatic carbocycles. The van der Waals surface area contributed by atoms with E-state index in [1.54, 1.807) is 13.8 Å². The van der Waals surface area contributed by atoms with Crippen LogP contribution in [-0.2, 0) is 0 Å². The predicted molar refractivity (Wildman–Crippen MR) is 112 cm³/mol. The van der Waals surface area contributed by atoms with E-state index in [4.69, 9.17) is 23.8 Å². The number of carbonyl (C=O) groups is 1. The van der Waals surface area contributed by atoms with E-state index >= 15 is 0 Å². The standard InChI is InChI=1S/C18H13BrClN3O3S/c1-18(2)21-15(10-3-6-12(19)7-4-10)17(27)22(18)16(24)11-5-8-13(20)14(9-11)23(25)26/h3-9H,1-2H3. The first-order valence-electron chi connectivity index (χ1n) is 7.80. The number of carbonyl (C=O) groups excluding carboxylic acids is 1. The molecule has 27 heavy (non-hydrogen) atoms. The Labute approximate surface area is 174 Å². The molecule has 3 rings (SSSR count). The number of nitro groups is 1. The van der Waals surface area contributed by atoms with Crippen molar-refractivity contribution in [3.8, 4) is 0 Å². The zero-order valence-electron chi connectivity index (χ0n) is 14.3. The molecule has 1 amide bonds. The lowest BCUT2D eigenvalue weighted by Gasteiger charge is -2.29. The summed E-state index contributed by atoms with van der Waals surface area (Å²) in [6.07, 6.45) is 0. The third kappa shape index (κ3) is 3.65. The highest BCUT2D eigenvalue weighted by molar-refractivity contribution is 9.10. The molecule has 138 valence electrons.